The first kappa shape index (κ1) is 25.2. The Labute approximate surface area is 207 Å². The van der Waals surface area contributed by atoms with Gasteiger partial charge in [0.2, 0.25) is 17.7 Å². The molecule has 6 N–H and O–H groups in total. The number of nitrogens with zero attached hydrogens (tertiary/aromatic N) is 4. The lowest BCUT2D eigenvalue weighted by molar-refractivity contribution is -0.133. The third-order valence-corrected chi connectivity index (χ3v) is 6.08. The highest BCUT2D eigenvalue weighted by Crippen LogP contribution is 2.39. The highest BCUT2D eigenvalue weighted by Gasteiger charge is 2.39. The lowest BCUT2D eigenvalue weighted by Gasteiger charge is -2.36. The van der Waals surface area contributed by atoms with Gasteiger partial charge >= 0.3 is 0 Å². The quantitative estimate of drug-likeness (QED) is 0.398. The summed E-state index contributed by atoms with van der Waals surface area (Å²) in [5, 5.41) is 9.23. The standard InChI is InChI=1S/C24H28FN7O4/c1-12-21-18(31-24(27)28-12)11-17(30-23(21)32-36-19(8-9-33)22(26)34)14-7-6-13(25)10-15(14)16-4-3-5-20(29-16)35-2/h3-7,10,17-19,21,33H,8-9,11H2,1-2H3,(H2,26,34)(H2,27,31)(H,30,32)/t17?,18-,19?,21?/m1/s1. The summed E-state index contributed by atoms with van der Waals surface area (Å²) in [5.74, 6) is -0.625. The summed E-state index contributed by atoms with van der Waals surface area (Å²) in [7, 11) is 1.51. The molecule has 1 aromatic heterocycles. The first-order valence-electron chi connectivity index (χ1n) is 11.4. The number of rotatable bonds is 8. The van der Waals surface area contributed by atoms with E-state index in [2.05, 4.69) is 20.4 Å². The number of amides is 1. The van der Waals surface area contributed by atoms with Crippen LogP contribution < -0.4 is 21.7 Å². The second-order valence-electron chi connectivity index (χ2n) is 8.47. The molecule has 3 heterocycles. The van der Waals surface area contributed by atoms with E-state index >= 15 is 0 Å². The highest BCUT2D eigenvalue weighted by molar-refractivity contribution is 6.11. The molecule has 0 spiro atoms. The van der Waals surface area contributed by atoms with E-state index in [1.54, 1.807) is 31.2 Å². The van der Waals surface area contributed by atoms with Crippen LogP contribution in [0.3, 0.4) is 0 Å². The van der Waals surface area contributed by atoms with E-state index in [-0.39, 0.29) is 30.9 Å². The summed E-state index contributed by atoms with van der Waals surface area (Å²) >= 11 is 0. The summed E-state index contributed by atoms with van der Waals surface area (Å²) < 4.78 is 19.6. The van der Waals surface area contributed by atoms with Crippen LogP contribution in [0, 0.1) is 11.7 Å². The van der Waals surface area contributed by atoms with Crippen molar-refractivity contribution in [3.63, 3.8) is 0 Å². The topological polar surface area (TPSA) is 170 Å². The number of ether oxygens (including phenoxy) is 1. The predicted molar refractivity (Wildman–Crippen MR) is 132 cm³/mol. The van der Waals surface area contributed by atoms with Crippen LogP contribution in [-0.4, -0.2) is 59.4 Å². The molecule has 12 heteroatoms. The number of fused-ring (bicyclic) bond motifs is 1. The van der Waals surface area contributed by atoms with E-state index in [1.165, 1.54) is 19.2 Å². The minimum atomic E-state index is -1.08. The first-order chi connectivity index (χ1) is 17.3. The fraction of sp³-hybridized carbons (Fsp3) is 0.375. The number of hydrogen-bond donors (Lipinski definition) is 4. The Hall–Kier alpha value is -3.90. The van der Waals surface area contributed by atoms with Crippen molar-refractivity contribution < 1.29 is 23.9 Å². The van der Waals surface area contributed by atoms with Gasteiger partial charge in [-0.1, -0.05) is 12.1 Å². The summed E-state index contributed by atoms with van der Waals surface area (Å²) in [6, 6.07) is 8.84. The van der Waals surface area contributed by atoms with Gasteiger partial charge in [0, 0.05) is 30.4 Å². The van der Waals surface area contributed by atoms with Crippen molar-refractivity contribution in [3.8, 4) is 17.1 Å². The minimum Gasteiger partial charge on any atom is -0.481 e. The van der Waals surface area contributed by atoms with Gasteiger partial charge in [0.1, 0.15) is 11.7 Å². The van der Waals surface area contributed by atoms with Gasteiger partial charge in [-0.3, -0.25) is 20.1 Å². The molecular weight excluding hydrogens is 469 g/mol. The van der Waals surface area contributed by atoms with Gasteiger partial charge in [-0.15, -0.1) is 0 Å². The van der Waals surface area contributed by atoms with E-state index in [0.29, 0.717) is 40.7 Å². The molecule has 0 aliphatic carbocycles. The normalized spacial score (nSPS) is 22.0. The zero-order chi connectivity index (χ0) is 25.8. The first-order valence-corrected chi connectivity index (χ1v) is 11.4. The molecule has 11 nitrogen and oxygen atoms in total. The van der Waals surface area contributed by atoms with Crippen LogP contribution in [0.2, 0.25) is 0 Å². The number of pyridine rings is 1. The zero-order valence-electron chi connectivity index (χ0n) is 19.9. The smallest absolute Gasteiger partial charge is 0.249 e. The monoisotopic (exact) mass is 497 g/mol. The molecule has 2 aliphatic rings. The lowest BCUT2D eigenvalue weighted by atomic mass is 9.82. The molecule has 0 radical (unpaired) electrons. The number of nitrogens with one attached hydrogen (secondary N) is 1. The molecule has 2 aromatic rings. The van der Waals surface area contributed by atoms with E-state index in [1.807, 2.05) is 0 Å². The number of aliphatic hydroxyl groups excluding tert-OH is 1. The van der Waals surface area contributed by atoms with Gasteiger partial charge in [0.15, 0.2) is 6.10 Å². The number of primary amides is 1. The Bertz CT molecular complexity index is 1230. The van der Waals surface area contributed by atoms with Crippen molar-refractivity contribution in [2.45, 2.75) is 38.0 Å². The maximum atomic E-state index is 14.3. The number of aliphatic imine (C=N–C) groups is 3. The molecule has 3 unspecified atom stereocenters. The average molecular weight is 498 g/mol. The van der Waals surface area contributed by atoms with Crippen molar-refractivity contribution in [1.82, 2.24) is 10.5 Å². The van der Waals surface area contributed by atoms with Crippen LogP contribution in [0.5, 0.6) is 5.88 Å². The Morgan fingerprint density at radius 3 is 2.83 bits per heavy atom. The summed E-state index contributed by atoms with van der Waals surface area (Å²) in [6.45, 7) is 1.52. The van der Waals surface area contributed by atoms with Crippen LogP contribution in [0.15, 0.2) is 51.4 Å². The number of guanidine groups is 1. The van der Waals surface area contributed by atoms with Crippen molar-refractivity contribution in [2.24, 2.45) is 32.4 Å². The Morgan fingerprint density at radius 1 is 1.31 bits per heavy atom. The number of carbonyl (C=O) groups excluding carboxylic acids is 1. The van der Waals surface area contributed by atoms with Crippen LogP contribution in [-0.2, 0) is 9.63 Å². The molecule has 0 fully saturated rings. The maximum absolute atomic E-state index is 14.3. The SMILES string of the molecule is COc1cccc(-c2cc(F)ccc2C2C[C@H]3N=C(N)N=C(C)C3C(NOC(CCO)C(N)=O)=N2)n1. The van der Waals surface area contributed by atoms with Crippen molar-refractivity contribution >= 4 is 23.4 Å². The number of benzene rings is 1. The number of aromatic nitrogens is 1. The maximum Gasteiger partial charge on any atom is 0.249 e. The Morgan fingerprint density at radius 2 is 2.11 bits per heavy atom. The van der Waals surface area contributed by atoms with E-state index in [0.717, 1.165) is 0 Å². The van der Waals surface area contributed by atoms with Gasteiger partial charge in [-0.25, -0.2) is 19.4 Å². The van der Waals surface area contributed by atoms with Crippen LogP contribution in [0.1, 0.15) is 31.4 Å². The van der Waals surface area contributed by atoms with E-state index in [4.69, 9.17) is 26.0 Å². The second-order valence-corrected chi connectivity index (χ2v) is 8.47. The van der Waals surface area contributed by atoms with Crippen molar-refractivity contribution in [1.29, 1.82) is 0 Å². The highest BCUT2D eigenvalue weighted by atomic mass is 19.1. The summed E-state index contributed by atoms with van der Waals surface area (Å²) in [6.07, 6.45) is -0.607. The molecule has 4 atom stereocenters. The molecule has 0 saturated carbocycles. The lowest BCUT2D eigenvalue weighted by Crippen LogP contribution is -2.49. The molecule has 0 saturated heterocycles. The molecular formula is C24H28FN7O4. The van der Waals surface area contributed by atoms with Gasteiger partial charge in [-0.2, -0.15) is 0 Å². The molecule has 190 valence electrons. The molecule has 4 rings (SSSR count). The number of hydrogen-bond acceptors (Lipinski definition) is 10. The Kier molecular flexibility index (Phi) is 7.55. The van der Waals surface area contributed by atoms with Crippen molar-refractivity contribution in [3.05, 3.63) is 47.8 Å². The number of aliphatic hydroxyl groups is 1. The van der Waals surface area contributed by atoms with Crippen LogP contribution in [0.25, 0.3) is 11.3 Å². The van der Waals surface area contributed by atoms with E-state index < -0.39 is 23.9 Å². The number of methoxy groups -OCH3 is 1. The number of hydroxylamine groups is 1. The molecule has 0 bridgehead atoms. The molecule has 36 heavy (non-hydrogen) atoms. The fourth-order valence-corrected chi connectivity index (χ4v) is 4.41. The second kappa shape index (κ2) is 10.8. The number of nitrogens with two attached hydrogens (primary N) is 2. The number of halogens is 1. The van der Waals surface area contributed by atoms with Gasteiger partial charge in [0.25, 0.3) is 0 Å². The molecule has 1 amide bonds. The number of amidine groups is 1. The average Bonchev–Trinajstić information content (AvgIpc) is 2.85. The largest absolute Gasteiger partial charge is 0.481 e. The third kappa shape index (κ3) is 5.34. The van der Waals surface area contributed by atoms with Gasteiger partial charge < -0.3 is 21.3 Å². The number of carbonyl (C=O) groups is 1. The van der Waals surface area contributed by atoms with Crippen molar-refractivity contribution in [2.75, 3.05) is 13.7 Å². The predicted octanol–water partition coefficient (Wildman–Crippen LogP) is 1.27. The summed E-state index contributed by atoms with van der Waals surface area (Å²) in [4.78, 5) is 35.3. The van der Waals surface area contributed by atoms with Gasteiger partial charge in [-0.05, 0) is 37.1 Å². The fourth-order valence-electron chi connectivity index (χ4n) is 4.41. The molecule has 1 aromatic carbocycles. The zero-order valence-corrected chi connectivity index (χ0v) is 19.9. The Balaban J connectivity index is 1.76. The summed E-state index contributed by atoms with van der Waals surface area (Å²) in [5.41, 5.74) is 16.5. The third-order valence-electron chi connectivity index (χ3n) is 6.08. The van der Waals surface area contributed by atoms with Crippen LogP contribution >= 0.6 is 0 Å². The van der Waals surface area contributed by atoms with E-state index in [9.17, 15) is 14.3 Å². The van der Waals surface area contributed by atoms with Gasteiger partial charge in [0.05, 0.1) is 30.8 Å². The van der Waals surface area contributed by atoms with Crippen LogP contribution in [0.4, 0.5) is 4.39 Å². The minimum absolute atomic E-state index is 0.00886. The molecule has 2 aliphatic heterocycles.